The molecule has 22 heavy (non-hydrogen) atoms. The molecule has 0 bridgehead atoms. The van der Waals surface area contributed by atoms with E-state index < -0.39 is 6.04 Å². The Morgan fingerprint density at radius 1 is 1.27 bits per heavy atom. The molecule has 0 saturated heterocycles. The van der Waals surface area contributed by atoms with E-state index in [-0.39, 0.29) is 30.3 Å². The SMILES string of the molecule is Cc1cccc(C(=O)N[C@@H](C)C(=O)NCC(=O)NC2CC2)c1. The molecule has 3 amide bonds. The van der Waals surface area contributed by atoms with E-state index in [1.165, 1.54) is 0 Å². The van der Waals surface area contributed by atoms with Crippen LogP contribution in [0.4, 0.5) is 0 Å². The van der Waals surface area contributed by atoms with Gasteiger partial charge in [0.2, 0.25) is 11.8 Å². The number of hydrogen-bond acceptors (Lipinski definition) is 3. The summed E-state index contributed by atoms with van der Waals surface area (Å²) in [7, 11) is 0. The monoisotopic (exact) mass is 303 g/mol. The molecule has 0 unspecified atom stereocenters. The lowest BCUT2D eigenvalue weighted by molar-refractivity contribution is -0.127. The molecule has 118 valence electrons. The Morgan fingerprint density at radius 2 is 2.00 bits per heavy atom. The second kappa shape index (κ2) is 7.06. The van der Waals surface area contributed by atoms with Gasteiger partial charge in [0.25, 0.3) is 5.91 Å². The van der Waals surface area contributed by atoms with Crippen molar-refractivity contribution in [2.75, 3.05) is 6.54 Å². The molecule has 6 heteroatoms. The Labute approximate surface area is 129 Å². The van der Waals surface area contributed by atoms with Gasteiger partial charge in [-0.15, -0.1) is 0 Å². The normalized spacial score (nSPS) is 14.8. The Bertz CT molecular complexity index is 582. The van der Waals surface area contributed by atoms with Crippen molar-refractivity contribution in [1.82, 2.24) is 16.0 Å². The van der Waals surface area contributed by atoms with Crippen LogP contribution in [0.3, 0.4) is 0 Å². The van der Waals surface area contributed by atoms with E-state index in [1.807, 2.05) is 13.0 Å². The Morgan fingerprint density at radius 3 is 2.64 bits per heavy atom. The molecule has 0 aromatic heterocycles. The number of carbonyl (C=O) groups is 3. The number of rotatable bonds is 6. The zero-order valence-corrected chi connectivity index (χ0v) is 12.8. The van der Waals surface area contributed by atoms with Crippen LogP contribution in [0.2, 0.25) is 0 Å². The summed E-state index contributed by atoms with van der Waals surface area (Å²) in [6.45, 7) is 3.41. The van der Waals surface area contributed by atoms with E-state index >= 15 is 0 Å². The second-order valence-electron chi connectivity index (χ2n) is 5.62. The quantitative estimate of drug-likeness (QED) is 0.715. The number of amides is 3. The molecule has 0 aliphatic heterocycles. The third-order valence-electron chi connectivity index (χ3n) is 3.39. The van der Waals surface area contributed by atoms with E-state index in [1.54, 1.807) is 25.1 Å². The van der Waals surface area contributed by atoms with Crippen LogP contribution >= 0.6 is 0 Å². The first-order valence-electron chi connectivity index (χ1n) is 7.40. The maximum atomic E-state index is 12.0. The molecular weight excluding hydrogens is 282 g/mol. The van der Waals surface area contributed by atoms with Crippen molar-refractivity contribution in [3.63, 3.8) is 0 Å². The van der Waals surface area contributed by atoms with Gasteiger partial charge in [-0.3, -0.25) is 14.4 Å². The Balaban J connectivity index is 1.77. The smallest absolute Gasteiger partial charge is 0.251 e. The lowest BCUT2D eigenvalue weighted by Gasteiger charge is -2.14. The van der Waals surface area contributed by atoms with Crippen molar-refractivity contribution in [3.8, 4) is 0 Å². The van der Waals surface area contributed by atoms with Gasteiger partial charge < -0.3 is 16.0 Å². The zero-order valence-electron chi connectivity index (χ0n) is 12.8. The molecule has 3 N–H and O–H groups in total. The second-order valence-corrected chi connectivity index (χ2v) is 5.62. The molecule has 1 aliphatic rings. The molecule has 1 aromatic rings. The molecule has 6 nitrogen and oxygen atoms in total. The van der Waals surface area contributed by atoms with Crippen LogP contribution in [0.5, 0.6) is 0 Å². The van der Waals surface area contributed by atoms with Crippen molar-refractivity contribution in [2.45, 2.75) is 38.8 Å². The standard InChI is InChI=1S/C16H21N3O3/c1-10-4-3-5-12(8-10)16(22)18-11(2)15(21)17-9-14(20)19-13-6-7-13/h3-5,8,11,13H,6-7,9H2,1-2H3,(H,17,21)(H,18,22)(H,19,20)/t11-/m0/s1. The average molecular weight is 303 g/mol. The summed E-state index contributed by atoms with van der Waals surface area (Å²) in [5, 5.41) is 7.92. The third-order valence-corrected chi connectivity index (χ3v) is 3.39. The van der Waals surface area contributed by atoms with Crippen molar-refractivity contribution in [1.29, 1.82) is 0 Å². The van der Waals surface area contributed by atoms with Crippen LogP contribution in [-0.2, 0) is 9.59 Å². The van der Waals surface area contributed by atoms with Crippen LogP contribution in [0, 0.1) is 6.92 Å². The number of carbonyl (C=O) groups excluding carboxylic acids is 3. The van der Waals surface area contributed by atoms with Gasteiger partial charge in [-0.25, -0.2) is 0 Å². The predicted octanol–water partition coefficient (Wildman–Crippen LogP) is 0.508. The first-order valence-corrected chi connectivity index (χ1v) is 7.40. The van der Waals surface area contributed by atoms with E-state index in [9.17, 15) is 14.4 Å². The third kappa shape index (κ3) is 4.87. The van der Waals surface area contributed by atoms with Gasteiger partial charge in [-0.05, 0) is 38.8 Å². The lowest BCUT2D eigenvalue weighted by Crippen LogP contribution is -2.47. The van der Waals surface area contributed by atoms with E-state index in [0.29, 0.717) is 5.56 Å². The summed E-state index contributed by atoms with van der Waals surface area (Å²) in [6.07, 6.45) is 2.01. The molecule has 0 radical (unpaired) electrons. The summed E-state index contributed by atoms with van der Waals surface area (Å²) in [5.41, 5.74) is 1.48. The molecule has 0 spiro atoms. The largest absolute Gasteiger partial charge is 0.352 e. The minimum atomic E-state index is -0.707. The highest BCUT2D eigenvalue weighted by molar-refractivity contribution is 5.98. The first-order chi connectivity index (χ1) is 10.5. The van der Waals surface area contributed by atoms with Crippen LogP contribution < -0.4 is 16.0 Å². The van der Waals surface area contributed by atoms with E-state index in [4.69, 9.17) is 0 Å². The van der Waals surface area contributed by atoms with Gasteiger partial charge >= 0.3 is 0 Å². The molecule has 2 rings (SSSR count). The minimum Gasteiger partial charge on any atom is -0.352 e. The van der Waals surface area contributed by atoms with Crippen molar-refractivity contribution in [3.05, 3.63) is 35.4 Å². The maximum Gasteiger partial charge on any atom is 0.251 e. The topological polar surface area (TPSA) is 87.3 Å². The van der Waals surface area contributed by atoms with Crippen LogP contribution in [-0.4, -0.2) is 36.3 Å². The fourth-order valence-corrected chi connectivity index (χ4v) is 1.96. The van der Waals surface area contributed by atoms with Gasteiger partial charge in [0.1, 0.15) is 6.04 Å². The average Bonchev–Trinajstić information content (AvgIpc) is 3.28. The number of hydrogen-bond donors (Lipinski definition) is 3. The fourth-order valence-electron chi connectivity index (χ4n) is 1.96. The molecule has 1 aromatic carbocycles. The molecule has 0 heterocycles. The molecule has 1 fully saturated rings. The maximum absolute atomic E-state index is 12.0. The number of aryl methyl sites for hydroxylation is 1. The molecule has 1 aliphatic carbocycles. The highest BCUT2D eigenvalue weighted by atomic mass is 16.2. The highest BCUT2D eigenvalue weighted by Crippen LogP contribution is 2.18. The van der Waals surface area contributed by atoms with Crippen molar-refractivity contribution < 1.29 is 14.4 Å². The number of benzene rings is 1. The Kier molecular flexibility index (Phi) is 5.14. The van der Waals surface area contributed by atoms with Crippen LogP contribution in [0.25, 0.3) is 0 Å². The van der Waals surface area contributed by atoms with Gasteiger partial charge in [0.15, 0.2) is 0 Å². The summed E-state index contributed by atoms with van der Waals surface area (Å²) >= 11 is 0. The summed E-state index contributed by atoms with van der Waals surface area (Å²) < 4.78 is 0. The first kappa shape index (κ1) is 16.0. The molecule has 1 atom stereocenters. The number of nitrogens with one attached hydrogen (secondary N) is 3. The zero-order chi connectivity index (χ0) is 16.1. The summed E-state index contributed by atoms with van der Waals surface area (Å²) in [6, 6.07) is 6.69. The summed E-state index contributed by atoms with van der Waals surface area (Å²) in [5.74, 6) is -0.895. The van der Waals surface area contributed by atoms with Gasteiger partial charge in [-0.2, -0.15) is 0 Å². The highest BCUT2D eigenvalue weighted by Gasteiger charge is 2.23. The fraction of sp³-hybridized carbons (Fsp3) is 0.438. The van der Waals surface area contributed by atoms with Gasteiger partial charge in [-0.1, -0.05) is 17.7 Å². The van der Waals surface area contributed by atoms with Crippen molar-refractivity contribution in [2.24, 2.45) is 0 Å². The predicted molar refractivity (Wildman–Crippen MR) is 82.3 cm³/mol. The van der Waals surface area contributed by atoms with E-state index in [0.717, 1.165) is 18.4 Å². The van der Waals surface area contributed by atoms with Crippen molar-refractivity contribution >= 4 is 17.7 Å². The van der Waals surface area contributed by atoms with Crippen LogP contribution in [0.15, 0.2) is 24.3 Å². The van der Waals surface area contributed by atoms with Gasteiger partial charge in [0, 0.05) is 11.6 Å². The summed E-state index contributed by atoms with van der Waals surface area (Å²) in [4.78, 5) is 35.4. The molecule has 1 saturated carbocycles. The van der Waals surface area contributed by atoms with Gasteiger partial charge in [0.05, 0.1) is 6.54 Å². The van der Waals surface area contributed by atoms with E-state index in [2.05, 4.69) is 16.0 Å². The minimum absolute atomic E-state index is 0.0695. The Hall–Kier alpha value is -2.37. The molecular formula is C16H21N3O3. The van der Waals surface area contributed by atoms with Crippen LogP contribution in [0.1, 0.15) is 35.7 Å². The lowest BCUT2D eigenvalue weighted by atomic mass is 10.1.